The normalized spacial score (nSPS) is 10.4. The van der Waals surface area contributed by atoms with E-state index in [1.54, 1.807) is 12.4 Å². The van der Waals surface area contributed by atoms with Crippen molar-refractivity contribution in [3.8, 4) is 11.6 Å². The van der Waals surface area contributed by atoms with Crippen LogP contribution in [0.25, 0.3) is 11.6 Å². The third-order valence-corrected chi connectivity index (χ3v) is 1.57. The highest BCUT2D eigenvalue weighted by Gasteiger charge is 2.07. The van der Waals surface area contributed by atoms with E-state index >= 15 is 0 Å². The molecule has 2 rings (SSSR count). The first-order chi connectivity index (χ1) is 5.77. The molecule has 0 saturated carbocycles. The molecular weight excluding hydrogens is 156 g/mol. The van der Waals surface area contributed by atoms with E-state index in [1.165, 1.54) is 0 Å². The summed E-state index contributed by atoms with van der Waals surface area (Å²) in [4.78, 5) is 7.84. The molecule has 5 nitrogen and oxygen atoms in total. The van der Waals surface area contributed by atoms with Crippen LogP contribution in [0.5, 0.6) is 0 Å². The maximum Gasteiger partial charge on any atom is 0.292 e. The smallest absolute Gasteiger partial charge is 0.292 e. The van der Waals surface area contributed by atoms with E-state index in [9.17, 15) is 0 Å². The summed E-state index contributed by atoms with van der Waals surface area (Å²) in [5, 5.41) is 0. The van der Waals surface area contributed by atoms with Crippen LogP contribution >= 0.6 is 0 Å². The van der Waals surface area contributed by atoms with Crippen LogP contribution in [0.2, 0.25) is 0 Å². The Morgan fingerprint density at radius 1 is 1.50 bits per heavy atom. The van der Waals surface area contributed by atoms with Crippen LogP contribution in [-0.4, -0.2) is 14.5 Å². The van der Waals surface area contributed by atoms with Crippen LogP contribution in [0, 0.1) is 0 Å². The molecular formula is C7H8N4O. The summed E-state index contributed by atoms with van der Waals surface area (Å²) in [7, 11) is 1.88. The maximum absolute atomic E-state index is 5.32. The molecule has 0 spiro atoms. The van der Waals surface area contributed by atoms with E-state index in [0.717, 1.165) is 5.82 Å². The number of hydrogen-bond acceptors (Lipinski definition) is 4. The standard InChI is InChI=1S/C7H8N4O/c1-11-3-2-9-6(11)5-4-10-7(8)12-5/h2-4H,1H3,(H2,8,10). The number of oxazole rings is 1. The number of hydrogen-bond donors (Lipinski definition) is 1. The summed E-state index contributed by atoms with van der Waals surface area (Å²) >= 11 is 0. The quantitative estimate of drug-likeness (QED) is 0.672. The van der Waals surface area contributed by atoms with E-state index in [-0.39, 0.29) is 6.01 Å². The number of nitrogens with two attached hydrogens (primary N) is 1. The van der Waals surface area contributed by atoms with Gasteiger partial charge in [-0.3, -0.25) is 0 Å². The SMILES string of the molecule is Cn1ccnc1-c1cnc(N)o1. The van der Waals surface area contributed by atoms with Crippen LogP contribution in [0.4, 0.5) is 6.01 Å². The molecule has 0 fully saturated rings. The highest BCUT2D eigenvalue weighted by atomic mass is 16.4. The van der Waals surface area contributed by atoms with Crippen molar-refractivity contribution in [1.29, 1.82) is 0 Å². The van der Waals surface area contributed by atoms with Gasteiger partial charge in [0.1, 0.15) is 0 Å². The zero-order valence-electron chi connectivity index (χ0n) is 6.56. The van der Waals surface area contributed by atoms with E-state index in [4.69, 9.17) is 10.2 Å². The minimum atomic E-state index is 0.160. The van der Waals surface area contributed by atoms with Crippen molar-refractivity contribution in [2.75, 3.05) is 5.73 Å². The first-order valence-corrected chi connectivity index (χ1v) is 3.46. The van der Waals surface area contributed by atoms with Gasteiger partial charge in [-0.2, -0.15) is 0 Å². The zero-order valence-corrected chi connectivity index (χ0v) is 6.56. The van der Waals surface area contributed by atoms with Crippen molar-refractivity contribution in [2.45, 2.75) is 0 Å². The molecule has 0 aromatic carbocycles. The van der Waals surface area contributed by atoms with Gasteiger partial charge in [-0.05, 0) is 0 Å². The first kappa shape index (κ1) is 6.90. The third-order valence-electron chi connectivity index (χ3n) is 1.57. The van der Waals surface area contributed by atoms with Gasteiger partial charge in [0.2, 0.25) is 0 Å². The van der Waals surface area contributed by atoms with Crippen molar-refractivity contribution in [3.05, 3.63) is 18.6 Å². The Balaban J connectivity index is 2.50. The summed E-state index contributed by atoms with van der Waals surface area (Å²) in [6.07, 6.45) is 5.07. The molecule has 0 bridgehead atoms. The Labute approximate surface area is 68.8 Å². The molecule has 5 heteroatoms. The largest absolute Gasteiger partial charge is 0.420 e. The molecule has 2 aromatic rings. The summed E-state index contributed by atoms with van der Waals surface area (Å²) in [5.74, 6) is 1.30. The molecule has 2 N–H and O–H groups in total. The van der Waals surface area contributed by atoms with Gasteiger partial charge in [-0.1, -0.05) is 0 Å². The molecule has 12 heavy (non-hydrogen) atoms. The average molecular weight is 164 g/mol. The van der Waals surface area contributed by atoms with Gasteiger partial charge in [-0.25, -0.2) is 9.97 Å². The van der Waals surface area contributed by atoms with Crippen LogP contribution in [-0.2, 0) is 7.05 Å². The zero-order chi connectivity index (χ0) is 8.55. The topological polar surface area (TPSA) is 69.9 Å². The van der Waals surface area contributed by atoms with Crippen molar-refractivity contribution >= 4 is 6.01 Å². The second-order valence-corrected chi connectivity index (χ2v) is 2.42. The Morgan fingerprint density at radius 3 is 2.83 bits per heavy atom. The minimum absolute atomic E-state index is 0.160. The van der Waals surface area contributed by atoms with Crippen LogP contribution < -0.4 is 5.73 Å². The summed E-state index contributed by atoms with van der Waals surface area (Å²) in [6, 6.07) is 0.160. The van der Waals surface area contributed by atoms with E-state index < -0.39 is 0 Å². The Bertz CT molecular complexity index is 390. The molecule has 0 aliphatic rings. The lowest BCUT2D eigenvalue weighted by atomic mass is 10.5. The molecule has 0 aliphatic carbocycles. The number of aryl methyl sites for hydroxylation is 1. The van der Waals surface area contributed by atoms with Crippen molar-refractivity contribution < 1.29 is 4.42 Å². The Morgan fingerprint density at radius 2 is 2.33 bits per heavy atom. The fourth-order valence-electron chi connectivity index (χ4n) is 0.994. The minimum Gasteiger partial charge on any atom is -0.420 e. The molecule has 62 valence electrons. The number of nitrogens with zero attached hydrogens (tertiary/aromatic N) is 3. The van der Waals surface area contributed by atoms with Crippen molar-refractivity contribution in [1.82, 2.24) is 14.5 Å². The van der Waals surface area contributed by atoms with Gasteiger partial charge in [0.25, 0.3) is 6.01 Å². The third kappa shape index (κ3) is 0.952. The van der Waals surface area contributed by atoms with Gasteiger partial charge < -0.3 is 14.7 Å². The monoisotopic (exact) mass is 164 g/mol. The average Bonchev–Trinajstić information content (AvgIpc) is 2.58. The summed E-state index contributed by atoms with van der Waals surface area (Å²) < 4.78 is 6.93. The molecule has 2 heterocycles. The molecule has 2 aromatic heterocycles. The highest BCUT2D eigenvalue weighted by molar-refractivity contribution is 5.46. The van der Waals surface area contributed by atoms with Crippen molar-refractivity contribution in [2.24, 2.45) is 7.05 Å². The number of imidazole rings is 1. The van der Waals surface area contributed by atoms with Crippen LogP contribution in [0.15, 0.2) is 23.0 Å². The van der Waals surface area contributed by atoms with Crippen LogP contribution in [0.1, 0.15) is 0 Å². The highest BCUT2D eigenvalue weighted by Crippen LogP contribution is 2.17. The van der Waals surface area contributed by atoms with Crippen LogP contribution in [0.3, 0.4) is 0 Å². The molecule has 0 saturated heterocycles. The molecule has 0 unspecified atom stereocenters. The van der Waals surface area contributed by atoms with Crippen molar-refractivity contribution in [3.63, 3.8) is 0 Å². The van der Waals surface area contributed by atoms with E-state index in [1.807, 2.05) is 17.8 Å². The first-order valence-electron chi connectivity index (χ1n) is 3.46. The second kappa shape index (κ2) is 2.37. The van der Waals surface area contributed by atoms with Gasteiger partial charge in [-0.15, -0.1) is 0 Å². The maximum atomic E-state index is 5.32. The fraction of sp³-hybridized carbons (Fsp3) is 0.143. The van der Waals surface area contributed by atoms with E-state index in [2.05, 4.69) is 9.97 Å². The second-order valence-electron chi connectivity index (χ2n) is 2.42. The van der Waals surface area contributed by atoms with Gasteiger partial charge in [0.15, 0.2) is 11.6 Å². The predicted octanol–water partition coefficient (Wildman–Crippen LogP) is 0.657. The Kier molecular flexibility index (Phi) is 1.36. The summed E-state index contributed by atoms with van der Waals surface area (Å²) in [5.41, 5.74) is 5.32. The number of nitrogen functional groups attached to an aromatic ring is 1. The fourth-order valence-corrected chi connectivity index (χ4v) is 0.994. The number of anilines is 1. The lowest BCUT2D eigenvalue weighted by Gasteiger charge is -1.94. The van der Waals surface area contributed by atoms with E-state index in [0.29, 0.717) is 5.76 Å². The Hall–Kier alpha value is -1.78. The van der Waals surface area contributed by atoms with Gasteiger partial charge in [0.05, 0.1) is 6.20 Å². The molecule has 0 amide bonds. The predicted molar refractivity (Wildman–Crippen MR) is 43.1 cm³/mol. The lowest BCUT2D eigenvalue weighted by Crippen LogP contribution is -1.89. The van der Waals surface area contributed by atoms with Gasteiger partial charge in [0, 0.05) is 19.4 Å². The van der Waals surface area contributed by atoms with Gasteiger partial charge >= 0.3 is 0 Å². The number of rotatable bonds is 1. The molecule has 0 radical (unpaired) electrons. The lowest BCUT2D eigenvalue weighted by molar-refractivity contribution is 0.586. The summed E-state index contributed by atoms with van der Waals surface area (Å²) in [6.45, 7) is 0. The number of aromatic nitrogens is 3. The molecule has 0 atom stereocenters. The molecule has 0 aliphatic heterocycles.